The molecule has 18 heavy (non-hydrogen) atoms. The first-order chi connectivity index (χ1) is 8.47. The van der Waals surface area contributed by atoms with Gasteiger partial charge in [-0.05, 0) is 23.6 Å². The minimum absolute atomic E-state index is 0.221. The summed E-state index contributed by atoms with van der Waals surface area (Å²) in [5, 5.41) is 9.39. The van der Waals surface area contributed by atoms with Crippen LogP contribution in [0.25, 0.3) is 0 Å². The van der Waals surface area contributed by atoms with Gasteiger partial charge in [0.05, 0.1) is 0 Å². The first-order valence-corrected chi connectivity index (χ1v) is 6.58. The fourth-order valence-corrected chi connectivity index (χ4v) is 2.33. The number of hydrogen-bond acceptors (Lipinski definition) is 4. The van der Waals surface area contributed by atoms with E-state index in [0.717, 1.165) is 17.8 Å². The summed E-state index contributed by atoms with van der Waals surface area (Å²) in [5.41, 5.74) is 1.03. The molecule has 0 saturated heterocycles. The number of aromatic nitrogens is 4. The lowest BCUT2D eigenvalue weighted by molar-refractivity contribution is 0.663. The van der Waals surface area contributed by atoms with Gasteiger partial charge in [-0.15, -0.1) is 22.8 Å². The second-order valence-electron chi connectivity index (χ2n) is 4.13. The van der Waals surface area contributed by atoms with Gasteiger partial charge < -0.3 is 4.57 Å². The molecule has 0 saturated carbocycles. The zero-order valence-corrected chi connectivity index (χ0v) is 12.3. The van der Waals surface area contributed by atoms with Gasteiger partial charge in [0.15, 0.2) is 5.16 Å². The Morgan fingerprint density at radius 2 is 1.89 bits per heavy atom. The maximum atomic E-state index is 5.89. The van der Waals surface area contributed by atoms with Crippen LogP contribution in [-0.4, -0.2) is 19.7 Å². The molecular weight excluding hydrogens is 291 g/mol. The molecule has 4 nitrogen and oxygen atoms in total. The molecule has 2 aromatic rings. The lowest BCUT2D eigenvalue weighted by Gasteiger charge is -2.11. The van der Waals surface area contributed by atoms with Crippen LogP contribution >= 0.6 is 35.8 Å². The molecule has 0 aliphatic carbocycles. The summed E-state index contributed by atoms with van der Waals surface area (Å²) < 4.78 is 1.85. The van der Waals surface area contributed by atoms with E-state index in [-0.39, 0.29) is 5.92 Å². The monoisotopic (exact) mass is 302 g/mol. The summed E-state index contributed by atoms with van der Waals surface area (Å²) in [4.78, 5) is 3.93. The first kappa shape index (κ1) is 13.6. The molecule has 0 amide bonds. The lowest BCUT2D eigenvalue weighted by Crippen LogP contribution is -2.05. The van der Waals surface area contributed by atoms with Gasteiger partial charge in [-0.2, -0.15) is 0 Å². The molecule has 0 fully saturated rings. The summed E-state index contributed by atoms with van der Waals surface area (Å²) in [7, 11) is 1.89. The Balaban J connectivity index is 2.21. The molecular formula is C11H12Cl2N4S. The highest BCUT2D eigenvalue weighted by Gasteiger charge is 2.13. The molecule has 1 unspecified atom stereocenters. The van der Waals surface area contributed by atoms with Gasteiger partial charge in [-0.25, -0.2) is 4.98 Å². The van der Waals surface area contributed by atoms with Crippen molar-refractivity contribution < 1.29 is 0 Å². The first-order valence-electron chi connectivity index (χ1n) is 5.37. The van der Waals surface area contributed by atoms with E-state index in [1.165, 1.54) is 0 Å². The molecule has 1 atom stereocenters. The van der Waals surface area contributed by atoms with E-state index >= 15 is 0 Å². The Morgan fingerprint density at radius 1 is 1.28 bits per heavy atom. The summed E-state index contributed by atoms with van der Waals surface area (Å²) >= 11 is 16.0. The van der Waals surface area contributed by atoms with Crippen LogP contribution in [0.5, 0.6) is 0 Å². The van der Waals surface area contributed by atoms with Crippen LogP contribution in [0.1, 0.15) is 24.2 Å². The Bertz CT molecular complexity index is 550. The van der Waals surface area contributed by atoms with Crippen molar-refractivity contribution in [3.05, 3.63) is 33.8 Å². The van der Waals surface area contributed by atoms with Gasteiger partial charge in [0.2, 0.25) is 0 Å². The van der Waals surface area contributed by atoms with Crippen LogP contribution in [0.4, 0.5) is 0 Å². The molecule has 0 aliphatic rings. The van der Waals surface area contributed by atoms with Crippen molar-refractivity contribution in [2.75, 3.05) is 0 Å². The minimum Gasteiger partial charge on any atom is -0.309 e. The number of pyridine rings is 1. The normalized spacial score (nSPS) is 12.7. The molecule has 0 aliphatic heterocycles. The van der Waals surface area contributed by atoms with E-state index in [1.807, 2.05) is 23.7 Å². The van der Waals surface area contributed by atoms with Crippen molar-refractivity contribution in [3.63, 3.8) is 0 Å². The van der Waals surface area contributed by atoms with E-state index in [0.29, 0.717) is 15.5 Å². The number of halogens is 2. The Hall–Kier alpha value is -0.780. The highest BCUT2D eigenvalue weighted by Crippen LogP contribution is 2.24. The predicted octanol–water partition coefficient (Wildman–Crippen LogP) is 3.15. The Morgan fingerprint density at radius 3 is 2.39 bits per heavy atom. The van der Waals surface area contributed by atoms with Crippen molar-refractivity contribution >= 4 is 35.8 Å². The quantitative estimate of drug-likeness (QED) is 0.700. The lowest BCUT2D eigenvalue weighted by atomic mass is 9.99. The average Bonchev–Trinajstić information content (AvgIpc) is 2.59. The maximum Gasteiger partial charge on any atom is 0.187 e. The fourth-order valence-electron chi connectivity index (χ4n) is 1.69. The van der Waals surface area contributed by atoms with E-state index in [2.05, 4.69) is 34.7 Å². The molecule has 96 valence electrons. The third kappa shape index (κ3) is 2.96. The van der Waals surface area contributed by atoms with E-state index in [9.17, 15) is 0 Å². The Labute approximate surface area is 121 Å². The summed E-state index contributed by atoms with van der Waals surface area (Å²) in [6.07, 6.45) is 0.737. The van der Waals surface area contributed by atoms with Crippen molar-refractivity contribution in [2.24, 2.45) is 7.05 Å². The van der Waals surface area contributed by atoms with Crippen LogP contribution in [-0.2, 0) is 13.5 Å². The van der Waals surface area contributed by atoms with Crippen molar-refractivity contribution in [1.29, 1.82) is 0 Å². The van der Waals surface area contributed by atoms with Crippen molar-refractivity contribution in [1.82, 2.24) is 19.7 Å². The van der Waals surface area contributed by atoms with E-state index in [1.54, 1.807) is 0 Å². The van der Waals surface area contributed by atoms with Gasteiger partial charge in [0.25, 0.3) is 0 Å². The number of hydrogen-bond donors (Lipinski definition) is 1. The van der Waals surface area contributed by atoms with Crippen LogP contribution in [0.3, 0.4) is 0 Å². The fraction of sp³-hybridized carbons (Fsp3) is 0.364. The summed E-state index contributed by atoms with van der Waals surface area (Å²) in [6, 6.07) is 3.63. The Kier molecular flexibility index (Phi) is 4.14. The zero-order valence-electron chi connectivity index (χ0n) is 9.93. The SMILES string of the molecule is CC(Cc1nnc(S)n1C)c1cc(Cl)nc(Cl)c1. The van der Waals surface area contributed by atoms with Crippen molar-refractivity contribution in [2.45, 2.75) is 24.4 Å². The van der Waals surface area contributed by atoms with Crippen LogP contribution in [0.2, 0.25) is 10.3 Å². The second-order valence-corrected chi connectivity index (χ2v) is 5.30. The topological polar surface area (TPSA) is 43.6 Å². The maximum absolute atomic E-state index is 5.89. The standard InChI is InChI=1S/C11H12Cl2N4S/c1-6(3-10-15-16-11(18)17(10)2)7-4-8(12)14-9(13)5-7/h4-6H,3H2,1-2H3,(H,16,18). The largest absolute Gasteiger partial charge is 0.309 e. The summed E-state index contributed by atoms with van der Waals surface area (Å²) in [5.74, 6) is 1.09. The molecule has 0 N–H and O–H groups in total. The van der Waals surface area contributed by atoms with Gasteiger partial charge in [0.1, 0.15) is 16.1 Å². The predicted molar refractivity (Wildman–Crippen MR) is 74.6 cm³/mol. The third-order valence-corrected chi connectivity index (χ3v) is 3.56. The minimum atomic E-state index is 0.221. The molecule has 0 aromatic carbocycles. The molecule has 0 radical (unpaired) electrons. The molecule has 7 heteroatoms. The van der Waals surface area contributed by atoms with Gasteiger partial charge in [-0.3, -0.25) is 0 Å². The van der Waals surface area contributed by atoms with Crippen molar-refractivity contribution in [3.8, 4) is 0 Å². The molecule has 2 aromatic heterocycles. The average molecular weight is 303 g/mol. The van der Waals surface area contributed by atoms with Gasteiger partial charge in [0, 0.05) is 13.5 Å². The van der Waals surface area contributed by atoms with Crippen LogP contribution in [0, 0.1) is 0 Å². The number of rotatable bonds is 3. The van der Waals surface area contributed by atoms with Crippen LogP contribution < -0.4 is 0 Å². The second kappa shape index (κ2) is 5.47. The molecule has 2 heterocycles. The van der Waals surface area contributed by atoms with E-state index in [4.69, 9.17) is 23.2 Å². The summed E-state index contributed by atoms with van der Waals surface area (Å²) in [6.45, 7) is 2.08. The van der Waals surface area contributed by atoms with E-state index < -0.39 is 0 Å². The number of nitrogens with zero attached hydrogens (tertiary/aromatic N) is 4. The molecule has 2 rings (SSSR count). The third-order valence-electron chi connectivity index (χ3n) is 2.78. The highest BCUT2D eigenvalue weighted by atomic mass is 35.5. The van der Waals surface area contributed by atoms with Gasteiger partial charge >= 0.3 is 0 Å². The molecule has 0 spiro atoms. The zero-order chi connectivity index (χ0) is 13.3. The highest BCUT2D eigenvalue weighted by molar-refractivity contribution is 7.80. The smallest absolute Gasteiger partial charge is 0.187 e. The van der Waals surface area contributed by atoms with Crippen LogP contribution in [0.15, 0.2) is 17.3 Å². The number of thiol groups is 1. The van der Waals surface area contributed by atoms with Gasteiger partial charge in [-0.1, -0.05) is 30.1 Å². The molecule has 0 bridgehead atoms.